The first-order valence-corrected chi connectivity index (χ1v) is 9.74. The second kappa shape index (κ2) is 7.17. The molecule has 0 amide bonds. The minimum atomic E-state index is -4.53. The molecule has 0 atom stereocenters. The van der Waals surface area contributed by atoms with Gasteiger partial charge in [0.2, 0.25) is 10.0 Å². The van der Waals surface area contributed by atoms with Gasteiger partial charge in [0.05, 0.1) is 15.5 Å². The molecule has 2 N–H and O–H groups in total. The lowest BCUT2D eigenvalue weighted by molar-refractivity contribution is -0.137. The predicted molar refractivity (Wildman–Crippen MR) is 96.1 cm³/mol. The van der Waals surface area contributed by atoms with E-state index in [-0.39, 0.29) is 41.9 Å². The molecular formula is C16H16ClF3N4O2S. The van der Waals surface area contributed by atoms with Gasteiger partial charge in [-0.2, -0.15) is 17.5 Å². The molecule has 1 aromatic carbocycles. The van der Waals surface area contributed by atoms with Gasteiger partial charge < -0.3 is 10.6 Å². The maximum absolute atomic E-state index is 12.7. The fraction of sp³-hybridized carbons (Fsp3) is 0.312. The standard InChI is InChI=1S/C16H16ClF3N4O2S/c17-14-9-11(16(18,19)20)10-22-15(14)23-5-7-24(8-6-23)27(25,26)13-3-1-12(21)2-4-13/h1-4,9-10H,5-8,21H2. The highest BCUT2D eigenvalue weighted by molar-refractivity contribution is 7.89. The lowest BCUT2D eigenvalue weighted by Gasteiger charge is -2.35. The fourth-order valence-electron chi connectivity index (χ4n) is 2.75. The highest BCUT2D eigenvalue weighted by Crippen LogP contribution is 2.34. The number of nitrogen functional groups attached to an aromatic ring is 1. The van der Waals surface area contributed by atoms with Gasteiger partial charge in [-0.05, 0) is 30.3 Å². The summed E-state index contributed by atoms with van der Waals surface area (Å²) in [6, 6.07) is 6.71. The van der Waals surface area contributed by atoms with Crippen LogP contribution in [-0.4, -0.2) is 43.9 Å². The van der Waals surface area contributed by atoms with Crippen LogP contribution in [0.5, 0.6) is 0 Å². The van der Waals surface area contributed by atoms with Gasteiger partial charge in [0.15, 0.2) is 0 Å². The monoisotopic (exact) mass is 420 g/mol. The smallest absolute Gasteiger partial charge is 0.399 e. The SMILES string of the molecule is Nc1ccc(S(=O)(=O)N2CCN(c3ncc(C(F)(F)F)cc3Cl)CC2)cc1. The van der Waals surface area contributed by atoms with Crippen molar-refractivity contribution in [2.24, 2.45) is 0 Å². The summed E-state index contributed by atoms with van der Waals surface area (Å²) in [5.74, 6) is 0.203. The molecule has 0 aliphatic carbocycles. The third kappa shape index (κ3) is 4.12. The summed E-state index contributed by atoms with van der Waals surface area (Å²) in [4.78, 5) is 5.61. The summed E-state index contributed by atoms with van der Waals surface area (Å²) in [6.45, 7) is 0.829. The maximum atomic E-state index is 12.7. The van der Waals surface area contributed by atoms with E-state index >= 15 is 0 Å². The number of nitrogens with two attached hydrogens (primary N) is 1. The van der Waals surface area contributed by atoms with Crippen molar-refractivity contribution in [3.8, 4) is 0 Å². The van der Waals surface area contributed by atoms with Gasteiger partial charge in [-0.3, -0.25) is 0 Å². The molecule has 27 heavy (non-hydrogen) atoms. The first-order chi connectivity index (χ1) is 12.6. The Bertz CT molecular complexity index is 928. The van der Waals surface area contributed by atoms with E-state index in [9.17, 15) is 21.6 Å². The predicted octanol–water partition coefficient (Wildman–Crippen LogP) is 2.85. The summed E-state index contributed by atoms with van der Waals surface area (Å²) in [6.07, 6.45) is -3.81. The van der Waals surface area contributed by atoms with Gasteiger partial charge in [-0.25, -0.2) is 13.4 Å². The number of piperazine rings is 1. The number of anilines is 2. The van der Waals surface area contributed by atoms with Gasteiger partial charge in [0.1, 0.15) is 5.82 Å². The number of alkyl halides is 3. The van der Waals surface area contributed by atoms with Gasteiger partial charge >= 0.3 is 6.18 Å². The fourth-order valence-corrected chi connectivity index (χ4v) is 4.46. The molecule has 1 saturated heterocycles. The Hall–Kier alpha value is -2.04. The Balaban J connectivity index is 1.73. The van der Waals surface area contributed by atoms with Crippen molar-refractivity contribution in [1.29, 1.82) is 0 Å². The van der Waals surface area contributed by atoms with E-state index < -0.39 is 21.8 Å². The Morgan fingerprint density at radius 2 is 1.67 bits per heavy atom. The molecule has 2 heterocycles. The summed E-state index contributed by atoms with van der Waals surface area (Å²) in [5.41, 5.74) is 5.11. The molecule has 0 bridgehead atoms. The molecule has 6 nitrogen and oxygen atoms in total. The summed E-state index contributed by atoms with van der Waals surface area (Å²) < 4.78 is 64.8. The van der Waals surface area contributed by atoms with Gasteiger partial charge in [0, 0.05) is 38.1 Å². The van der Waals surface area contributed by atoms with E-state index in [0.29, 0.717) is 5.69 Å². The van der Waals surface area contributed by atoms with Crippen molar-refractivity contribution in [1.82, 2.24) is 9.29 Å². The van der Waals surface area contributed by atoms with Crippen molar-refractivity contribution in [3.63, 3.8) is 0 Å². The lowest BCUT2D eigenvalue weighted by Crippen LogP contribution is -2.49. The third-order valence-electron chi connectivity index (χ3n) is 4.21. The molecule has 1 fully saturated rings. The number of sulfonamides is 1. The van der Waals surface area contributed by atoms with E-state index in [1.807, 2.05) is 0 Å². The van der Waals surface area contributed by atoms with Crippen LogP contribution in [0, 0.1) is 0 Å². The van der Waals surface area contributed by atoms with Gasteiger partial charge in [-0.1, -0.05) is 11.6 Å². The number of benzene rings is 1. The second-order valence-corrected chi connectivity index (χ2v) is 8.33. The van der Waals surface area contributed by atoms with Crippen LogP contribution >= 0.6 is 11.6 Å². The van der Waals surface area contributed by atoms with Crippen molar-refractivity contribution in [3.05, 3.63) is 47.1 Å². The average molecular weight is 421 g/mol. The molecule has 1 aromatic heterocycles. The van der Waals surface area contributed by atoms with Gasteiger partial charge in [0.25, 0.3) is 0 Å². The molecule has 0 unspecified atom stereocenters. The highest BCUT2D eigenvalue weighted by Gasteiger charge is 2.33. The number of pyridine rings is 1. The third-order valence-corrected chi connectivity index (χ3v) is 6.40. The zero-order valence-electron chi connectivity index (χ0n) is 13.9. The first kappa shape index (κ1) is 19.7. The minimum absolute atomic E-state index is 0.125. The summed E-state index contributed by atoms with van der Waals surface area (Å²) in [7, 11) is -3.67. The molecule has 2 aromatic rings. The van der Waals surface area contributed by atoms with Crippen LogP contribution in [0.15, 0.2) is 41.4 Å². The number of hydrogen-bond donors (Lipinski definition) is 1. The molecule has 1 aliphatic rings. The first-order valence-electron chi connectivity index (χ1n) is 7.92. The van der Waals surface area contributed by atoms with Crippen LogP contribution in [0.25, 0.3) is 0 Å². The lowest BCUT2D eigenvalue weighted by atomic mass is 10.2. The maximum Gasteiger partial charge on any atom is 0.417 e. The number of rotatable bonds is 3. The Kier molecular flexibility index (Phi) is 5.24. The van der Waals surface area contributed by atoms with Crippen LogP contribution in [0.3, 0.4) is 0 Å². The Labute approximate surface area is 159 Å². The van der Waals surface area contributed by atoms with E-state index in [1.54, 1.807) is 4.90 Å². The van der Waals surface area contributed by atoms with E-state index in [2.05, 4.69) is 4.98 Å². The van der Waals surface area contributed by atoms with Crippen molar-refractivity contribution in [2.45, 2.75) is 11.1 Å². The molecule has 1 aliphatic heterocycles. The normalized spacial score (nSPS) is 16.5. The molecule has 0 spiro atoms. The molecule has 11 heteroatoms. The van der Waals surface area contributed by atoms with Crippen molar-refractivity contribution >= 4 is 33.1 Å². The topological polar surface area (TPSA) is 79.5 Å². The van der Waals surface area contributed by atoms with Crippen LogP contribution in [0.1, 0.15) is 5.56 Å². The average Bonchev–Trinajstić information content (AvgIpc) is 2.61. The Morgan fingerprint density at radius 3 is 2.19 bits per heavy atom. The molecule has 0 radical (unpaired) electrons. The van der Waals surface area contributed by atoms with E-state index in [4.69, 9.17) is 17.3 Å². The summed E-state index contributed by atoms with van der Waals surface area (Å²) >= 11 is 5.96. The number of hydrogen-bond acceptors (Lipinski definition) is 5. The van der Waals surface area contributed by atoms with Gasteiger partial charge in [-0.15, -0.1) is 0 Å². The zero-order chi connectivity index (χ0) is 19.8. The number of halogens is 4. The number of nitrogens with zero attached hydrogens (tertiary/aromatic N) is 3. The van der Waals surface area contributed by atoms with Crippen LogP contribution in [0.2, 0.25) is 5.02 Å². The minimum Gasteiger partial charge on any atom is -0.399 e. The van der Waals surface area contributed by atoms with Crippen molar-refractivity contribution < 1.29 is 21.6 Å². The molecule has 0 saturated carbocycles. The van der Waals surface area contributed by atoms with Crippen LogP contribution < -0.4 is 10.6 Å². The van der Waals surface area contributed by atoms with E-state index in [1.165, 1.54) is 28.6 Å². The Morgan fingerprint density at radius 1 is 1.07 bits per heavy atom. The van der Waals surface area contributed by atoms with E-state index in [0.717, 1.165) is 12.3 Å². The largest absolute Gasteiger partial charge is 0.417 e. The van der Waals surface area contributed by atoms with Crippen LogP contribution in [0.4, 0.5) is 24.7 Å². The second-order valence-electron chi connectivity index (χ2n) is 5.99. The highest BCUT2D eigenvalue weighted by atomic mass is 35.5. The quantitative estimate of drug-likeness (QED) is 0.772. The van der Waals surface area contributed by atoms with Crippen LogP contribution in [-0.2, 0) is 16.2 Å². The van der Waals surface area contributed by atoms with Crippen molar-refractivity contribution in [2.75, 3.05) is 36.8 Å². The summed E-state index contributed by atoms with van der Waals surface area (Å²) in [5, 5.41) is -0.125. The molecule has 3 rings (SSSR count). The number of aromatic nitrogens is 1. The molecule has 146 valence electrons. The zero-order valence-corrected chi connectivity index (χ0v) is 15.5. The molecular weight excluding hydrogens is 405 g/mol.